The predicted molar refractivity (Wildman–Crippen MR) is 76.8 cm³/mol. The number of halogens is 1. The molecule has 5 heteroatoms. The number of aromatic nitrogens is 2. The van der Waals surface area contributed by atoms with E-state index in [9.17, 15) is 0 Å². The second-order valence-electron chi connectivity index (χ2n) is 4.11. The van der Waals surface area contributed by atoms with E-state index in [2.05, 4.69) is 15.3 Å². The Morgan fingerprint density at radius 2 is 2.05 bits per heavy atom. The van der Waals surface area contributed by atoms with Crippen molar-refractivity contribution in [2.75, 3.05) is 18.5 Å². The summed E-state index contributed by atoms with van der Waals surface area (Å²) in [5, 5.41) is 3.48. The van der Waals surface area contributed by atoms with Gasteiger partial charge in [-0.15, -0.1) is 0 Å². The van der Waals surface area contributed by atoms with E-state index in [1.165, 1.54) is 0 Å². The molecule has 1 N–H and O–H groups in total. The molecule has 19 heavy (non-hydrogen) atoms. The van der Waals surface area contributed by atoms with Crippen LogP contribution in [0.15, 0.2) is 36.5 Å². The van der Waals surface area contributed by atoms with Crippen LogP contribution in [0.4, 0.5) is 5.82 Å². The number of hydrogen-bond acceptors (Lipinski definition) is 4. The van der Waals surface area contributed by atoms with Gasteiger partial charge in [0, 0.05) is 18.3 Å². The van der Waals surface area contributed by atoms with Crippen LogP contribution in [0.3, 0.4) is 0 Å². The number of anilines is 1. The van der Waals surface area contributed by atoms with Crippen molar-refractivity contribution in [3.8, 4) is 5.75 Å². The maximum atomic E-state index is 5.75. The highest BCUT2D eigenvalue weighted by Crippen LogP contribution is 2.12. The second-order valence-corrected chi connectivity index (χ2v) is 4.45. The minimum absolute atomic E-state index is 0.258. The molecule has 0 saturated carbocycles. The SMILES string of the molecule is Cc1cnc(Cl)nc1NCCCOc1ccccc1. The van der Waals surface area contributed by atoms with Gasteiger partial charge in [-0.1, -0.05) is 18.2 Å². The molecule has 0 bridgehead atoms. The van der Waals surface area contributed by atoms with Crippen molar-refractivity contribution in [1.29, 1.82) is 0 Å². The van der Waals surface area contributed by atoms with Crippen molar-refractivity contribution in [2.45, 2.75) is 13.3 Å². The van der Waals surface area contributed by atoms with E-state index in [1.54, 1.807) is 6.20 Å². The summed E-state index contributed by atoms with van der Waals surface area (Å²) in [5.41, 5.74) is 0.980. The van der Waals surface area contributed by atoms with Crippen molar-refractivity contribution >= 4 is 17.4 Å². The summed E-state index contributed by atoms with van der Waals surface area (Å²) in [4.78, 5) is 8.04. The Morgan fingerprint density at radius 1 is 1.26 bits per heavy atom. The molecule has 0 aliphatic heterocycles. The molecule has 0 aliphatic rings. The monoisotopic (exact) mass is 277 g/mol. The van der Waals surface area contributed by atoms with Gasteiger partial charge in [0.25, 0.3) is 0 Å². The first kappa shape index (κ1) is 13.6. The van der Waals surface area contributed by atoms with E-state index in [-0.39, 0.29) is 5.28 Å². The van der Waals surface area contributed by atoms with Gasteiger partial charge >= 0.3 is 0 Å². The third-order valence-corrected chi connectivity index (χ3v) is 2.75. The Morgan fingerprint density at radius 3 is 2.84 bits per heavy atom. The summed E-state index contributed by atoms with van der Waals surface area (Å²) >= 11 is 5.75. The lowest BCUT2D eigenvalue weighted by molar-refractivity contribution is 0.315. The summed E-state index contributed by atoms with van der Waals surface area (Å²) in [5.74, 6) is 1.67. The minimum Gasteiger partial charge on any atom is -0.494 e. The van der Waals surface area contributed by atoms with E-state index >= 15 is 0 Å². The summed E-state index contributed by atoms with van der Waals surface area (Å²) in [6, 6.07) is 9.78. The highest BCUT2D eigenvalue weighted by molar-refractivity contribution is 6.28. The Balaban J connectivity index is 1.71. The lowest BCUT2D eigenvalue weighted by atomic mass is 10.3. The normalized spacial score (nSPS) is 10.2. The lowest BCUT2D eigenvalue weighted by Crippen LogP contribution is -2.09. The zero-order chi connectivity index (χ0) is 13.5. The first-order valence-electron chi connectivity index (χ1n) is 6.16. The molecule has 0 fully saturated rings. The highest BCUT2D eigenvalue weighted by Gasteiger charge is 2.01. The molecule has 0 saturated heterocycles. The van der Waals surface area contributed by atoms with Crippen molar-refractivity contribution in [3.05, 3.63) is 47.4 Å². The molecule has 0 amide bonds. The summed E-state index contributed by atoms with van der Waals surface area (Å²) in [7, 11) is 0. The first-order chi connectivity index (χ1) is 9.25. The van der Waals surface area contributed by atoms with Crippen LogP contribution in [0, 0.1) is 6.92 Å². The van der Waals surface area contributed by atoms with Crippen LogP contribution < -0.4 is 10.1 Å². The fourth-order valence-electron chi connectivity index (χ4n) is 1.59. The summed E-state index contributed by atoms with van der Waals surface area (Å²) in [6.45, 7) is 3.38. The van der Waals surface area contributed by atoms with E-state index in [0.717, 1.165) is 30.1 Å². The zero-order valence-corrected chi connectivity index (χ0v) is 11.5. The number of nitrogens with zero attached hydrogens (tertiary/aromatic N) is 2. The van der Waals surface area contributed by atoms with Gasteiger partial charge in [-0.05, 0) is 37.1 Å². The topological polar surface area (TPSA) is 47.0 Å². The molecular formula is C14H16ClN3O. The Hall–Kier alpha value is -1.81. The molecule has 2 aromatic rings. The van der Waals surface area contributed by atoms with Crippen molar-refractivity contribution in [3.63, 3.8) is 0 Å². The van der Waals surface area contributed by atoms with Gasteiger partial charge in [0.15, 0.2) is 0 Å². The smallest absolute Gasteiger partial charge is 0.224 e. The first-order valence-corrected chi connectivity index (χ1v) is 6.54. The molecule has 1 aromatic heterocycles. The van der Waals surface area contributed by atoms with E-state index in [0.29, 0.717) is 6.61 Å². The zero-order valence-electron chi connectivity index (χ0n) is 10.8. The number of aryl methyl sites for hydroxylation is 1. The summed E-state index contributed by atoms with van der Waals surface area (Å²) in [6.07, 6.45) is 2.59. The quantitative estimate of drug-likeness (QED) is 0.650. The van der Waals surface area contributed by atoms with Gasteiger partial charge in [-0.3, -0.25) is 0 Å². The second kappa shape index (κ2) is 6.95. The van der Waals surface area contributed by atoms with E-state index in [1.807, 2.05) is 37.3 Å². The molecular weight excluding hydrogens is 262 g/mol. The van der Waals surface area contributed by atoms with Crippen LogP contribution >= 0.6 is 11.6 Å². The molecule has 0 spiro atoms. The predicted octanol–water partition coefficient (Wildman–Crippen LogP) is 3.32. The molecule has 1 heterocycles. The van der Waals surface area contributed by atoms with Crippen LogP contribution in [0.1, 0.15) is 12.0 Å². The van der Waals surface area contributed by atoms with Gasteiger partial charge < -0.3 is 10.1 Å². The molecule has 4 nitrogen and oxygen atoms in total. The molecule has 100 valence electrons. The molecule has 0 atom stereocenters. The average Bonchev–Trinajstić information content (AvgIpc) is 2.43. The van der Waals surface area contributed by atoms with Crippen LogP contribution in [0.25, 0.3) is 0 Å². The molecule has 2 rings (SSSR count). The summed E-state index contributed by atoms with van der Waals surface area (Å²) < 4.78 is 5.60. The molecule has 0 unspecified atom stereocenters. The number of rotatable bonds is 6. The van der Waals surface area contributed by atoms with Gasteiger partial charge in [0.05, 0.1) is 6.61 Å². The fraction of sp³-hybridized carbons (Fsp3) is 0.286. The average molecular weight is 278 g/mol. The van der Waals surface area contributed by atoms with E-state index in [4.69, 9.17) is 16.3 Å². The number of hydrogen-bond donors (Lipinski definition) is 1. The standard InChI is InChI=1S/C14H16ClN3O/c1-11-10-17-14(15)18-13(11)16-8-5-9-19-12-6-3-2-4-7-12/h2-4,6-7,10H,5,8-9H2,1H3,(H,16,17,18). The lowest BCUT2D eigenvalue weighted by Gasteiger charge is -2.09. The van der Waals surface area contributed by atoms with Crippen molar-refractivity contribution < 1.29 is 4.74 Å². The maximum absolute atomic E-state index is 5.75. The van der Waals surface area contributed by atoms with Crippen LogP contribution in [0.5, 0.6) is 5.75 Å². The third kappa shape index (κ3) is 4.41. The Kier molecular flexibility index (Phi) is 4.98. The fourth-order valence-corrected chi connectivity index (χ4v) is 1.72. The molecule has 1 aromatic carbocycles. The number of ether oxygens (including phenoxy) is 1. The maximum Gasteiger partial charge on any atom is 0.224 e. The minimum atomic E-state index is 0.258. The van der Waals surface area contributed by atoms with Gasteiger partial charge in [0.2, 0.25) is 5.28 Å². The van der Waals surface area contributed by atoms with Crippen LogP contribution in [-0.2, 0) is 0 Å². The third-order valence-electron chi connectivity index (χ3n) is 2.57. The van der Waals surface area contributed by atoms with Crippen molar-refractivity contribution in [1.82, 2.24) is 9.97 Å². The Bertz CT molecular complexity index is 519. The number of nitrogens with one attached hydrogen (secondary N) is 1. The van der Waals surface area contributed by atoms with Crippen LogP contribution in [0.2, 0.25) is 5.28 Å². The molecule has 0 aliphatic carbocycles. The van der Waals surface area contributed by atoms with Gasteiger partial charge in [-0.25, -0.2) is 9.97 Å². The highest BCUT2D eigenvalue weighted by atomic mass is 35.5. The molecule has 0 radical (unpaired) electrons. The largest absolute Gasteiger partial charge is 0.494 e. The van der Waals surface area contributed by atoms with Gasteiger partial charge in [0.1, 0.15) is 11.6 Å². The van der Waals surface area contributed by atoms with Gasteiger partial charge in [-0.2, -0.15) is 0 Å². The Labute approximate surface area is 117 Å². The van der Waals surface area contributed by atoms with Crippen molar-refractivity contribution in [2.24, 2.45) is 0 Å². The number of para-hydroxylation sites is 1. The van der Waals surface area contributed by atoms with Crippen LogP contribution in [-0.4, -0.2) is 23.1 Å². The number of benzene rings is 1. The van der Waals surface area contributed by atoms with E-state index < -0.39 is 0 Å².